The Hall–Kier alpha value is -5.04. The molecule has 246 valence electrons. The summed E-state index contributed by atoms with van der Waals surface area (Å²) in [6.45, 7) is 0. The molecule has 6 nitrogen and oxygen atoms in total. The molecule has 0 aliphatic rings. The van der Waals surface area contributed by atoms with Crippen molar-refractivity contribution in [2.75, 3.05) is 0 Å². The van der Waals surface area contributed by atoms with Gasteiger partial charge in [-0.15, -0.1) is 0 Å². The minimum Gasteiger partial charge on any atom is -0.418 e. The minimum absolute atomic E-state index is 0. The molecule has 0 unspecified atom stereocenters. The molecule has 0 bridgehead atoms. The Bertz CT molecular complexity index is 1300. The van der Waals surface area contributed by atoms with Crippen molar-refractivity contribution in [1.29, 1.82) is 0 Å². The predicted molar refractivity (Wildman–Crippen MR) is 163 cm³/mol. The summed E-state index contributed by atoms with van der Waals surface area (Å²) in [5.74, 6) is 0. The van der Waals surface area contributed by atoms with E-state index >= 15 is 0 Å². The van der Waals surface area contributed by atoms with E-state index in [0.29, 0.717) is 0 Å². The van der Waals surface area contributed by atoms with E-state index in [1.165, 1.54) is 0 Å². The first-order valence-electron chi connectivity index (χ1n) is 13.1. The molecule has 6 aromatic heterocycles. The first kappa shape index (κ1) is 40.0. The van der Waals surface area contributed by atoms with E-state index in [0.717, 1.165) is 34.2 Å². The number of pyridine rings is 6. The maximum atomic E-state index is 9.75. The van der Waals surface area contributed by atoms with Crippen molar-refractivity contribution in [2.24, 2.45) is 0 Å². The van der Waals surface area contributed by atoms with Gasteiger partial charge in [-0.2, -0.15) is 0 Å². The second-order valence-corrected chi connectivity index (χ2v) is 8.28. The van der Waals surface area contributed by atoms with Crippen LogP contribution in [0, 0.1) is 0 Å². The third-order valence-electron chi connectivity index (χ3n) is 4.78. The van der Waals surface area contributed by atoms with Gasteiger partial charge >= 0.3 is 31.0 Å². The molecular formula is C30H24B2F8N6Ni. The molecule has 0 fully saturated rings. The van der Waals surface area contributed by atoms with Crippen LogP contribution < -0.4 is 0 Å². The molecule has 47 heavy (non-hydrogen) atoms. The normalized spacial score (nSPS) is 9.96. The van der Waals surface area contributed by atoms with Gasteiger partial charge in [-0.05, 0) is 72.8 Å². The second-order valence-electron chi connectivity index (χ2n) is 8.28. The standard InChI is InChI=1S/3C10H8N2.2BF4.Ni/c3*1-3-7-11-9(5-1)10-6-2-4-8-12-10;2*2-1(3,4)5;/h3*1-8H;;;/q;;;2*-1;+2. The first-order valence-corrected chi connectivity index (χ1v) is 13.1. The second kappa shape index (κ2) is 21.7. The molecular weight excluding hydrogens is 677 g/mol. The van der Waals surface area contributed by atoms with Crippen LogP contribution in [0.1, 0.15) is 0 Å². The summed E-state index contributed by atoms with van der Waals surface area (Å²) in [6, 6.07) is 34.8. The van der Waals surface area contributed by atoms with Gasteiger partial charge in [0.25, 0.3) is 0 Å². The summed E-state index contributed by atoms with van der Waals surface area (Å²) in [6.07, 6.45) is 10.6. The quantitative estimate of drug-likeness (QED) is 0.136. The molecule has 0 aliphatic heterocycles. The Kier molecular flexibility index (Phi) is 18.4. The molecule has 0 spiro atoms. The topological polar surface area (TPSA) is 77.3 Å². The third-order valence-corrected chi connectivity index (χ3v) is 4.78. The van der Waals surface area contributed by atoms with Gasteiger partial charge in [0, 0.05) is 37.2 Å². The van der Waals surface area contributed by atoms with Crippen LogP contribution in [-0.2, 0) is 16.5 Å². The van der Waals surface area contributed by atoms with Crippen LogP contribution in [0.2, 0.25) is 0 Å². The van der Waals surface area contributed by atoms with Crippen molar-refractivity contribution >= 4 is 14.5 Å². The molecule has 0 radical (unpaired) electrons. The average molecular weight is 701 g/mol. The van der Waals surface area contributed by atoms with Crippen LogP contribution in [0.3, 0.4) is 0 Å². The molecule has 0 aromatic carbocycles. The Morgan fingerprint density at radius 1 is 0.277 bits per heavy atom. The molecule has 0 aliphatic carbocycles. The molecule has 6 heterocycles. The van der Waals surface area contributed by atoms with Crippen molar-refractivity contribution in [1.82, 2.24) is 29.9 Å². The van der Waals surface area contributed by atoms with Crippen molar-refractivity contribution in [3.8, 4) is 34.2 Å². The maximum absolute atomic E-state index is 9.75. The zero-order valence-corrected chi connectivity index (χ0v) is 25.0. The Labute approximate surface area is 275 Å². The number of hydrogen-bond donors (Lipinski definition) is 0. The fraction of sp³-hybridized carbons (Fsp3) is 0. The average Bonchev–Trinajstić information content (AvgIpc) is 3.06. The van der Waals surface area contributed by atoms with E-state index in [1.807, 2.05) is 109 Å². The molecule has 0 saturated heterocycles. The van der Waals surface area contributed by atoms with Crippen molar-refractivity contribution in [3.05, 3.63) is 146 Å². The number of nitrogens with zero attached hydrogens (tertiary/aromatic N) is 6. The molecule has 0 amide bonds. The number of hydrogen-bond acceptors (Lipinski definition) is 6. The summed E-state index contributed by atoms with van der Waals surface area (Å²) in [5.41, 5.74) is 5.49. The summed E-state index contributed by atoms with van der Waals surface area (Å²) < 4.78 is 78.0. The summed E-state index contributed by atoms with van der Waals surface area (Å²) in [5, 5.41) is 0. The Morgan fingerprint density at radius 3 is 0.489 bits per heavy atom. The summed E-state index contributed by atoms with van der Waals surface area (Å²) in [4.78, 5) is 25.1. The van der Waals surface area contributed by atoms with Crippen LogP contribution in [-0.4, -0.2) is 44.4 Å². The summed E-state index contributed by atoms with van der Waals surface area (Å²) >= 11 is 0. The molecule has 6 aromatic rings. The Balaban J connectivity index is 0.000000307. The van der Waals surface area contributed by atoms with Crippen LogP contribution in [0.15, 0.2) is 146 Å². The van der Waals surface area contributed by atoms with E-state index in [2.05, 4.69) is 29.9 Å². The van der Waals surface area contributed by atoms with Crippen molar-refractivity contribution in [3.63, 3.8) is 0 Å². The Morgan fingerprint density at radius 2 is 0.404 bits per heavy atom. The number of aromatic nitrogens is 6. The SMILES string of the molecule is F[B-](F)(F)F.F[B-](F)(F)F.[Ni+2].c1ccc(-c2ccccn2)nc1.c1ccc(-c2ccccn2)nc1.c1ccc(-c2ccccn2)nc1. The first-order chi connectivity index (χ1) is 21.9. The van der Waals surface area contributed by atoms with E-state index in [1.54, 1.807) is 37.2 Å². The van der Waals surface area contributed by atoms with Gasteiger partial charge in [0.05, 0.1) is 34.2 Å². The minimum atomic E-state index is -6.00. The van der Waals surface area contributed by atoms with Gasteiger partial charge in [-0.1, -0.05) is 36.4 Å². The van der Waals surface area contributed by atoms with Crippen LogP contribution in [0.4, 0.5) is 34.5 Å². The van der Waals surface area contributed by atoms with Crippen LogP contribution in [0.25, 0.3) is 34.2 Å². The van der Waals surface area contributed by atoms with Gasteiger partial charge in [-0.3, -0.25) is 29.9 Å². The van der Waals surface area contributed by atoms with E-state index in [4.69, 9.17) is 0 Å². The molecule has 6 rings (SSSR count). The zero-order valence-electron chi connectivity index (χ0n) is 24.0. The van der Waals surface area contributed by atoms with Gasteiger partial charge < -0.3 is 34.5 Å². The predicted octanol–water partition coefficient (Wildman–Crippen LogP) is 9.03. The van der Waals surface area contributed by atoms with E-state index < -0.39 is 14.5 Å². The fourth-order valence-electron chi connectivity index (χ4n) is 3.09. The van der Waals surface area contributed by atoms with Gasteiger partial charge in [-0.25, -0.2) is 0 Å². The molecule has 0 N–H and O–H groups in total. The van der Waals surface area contributed by atoms with E-state index in [-0.39, 0.29) is 16.5 Å². The smallest absolute Gasteiger partial charge is 0.418 e. The fourth-order valence-corrected chi connectivity index (χ4v) is 3.09. The van der Waals surface area contributed by atoms with Crippen LogP contribution >= 0.6 is 0 Å². The van der Waals surface area contributed by atoms with Crippen LogP contribution in [0.5, 0.6) is 0 Å². The van der Waals surface area contributed by atoms with E-state index in [9.17, 15) is 34.5 Å². The van der Waals surface area contributed by atoms with Crippen molar-refractivity contribution < 1.29 is 51.0 Å². The number of rotatable bonds is 3. The van der Waals surface area contributed by atoms with Crippen molar-refractivity contribution in [2.45, 2.75) is 0 Å². The molecule has 17 heteroatoms. The largest absolute Gasteiger partial charge is 2.00 e. The monoisotopic (exact) mass is 700 g/mol. The third kappa shape index (κ3) is 20.6. The summed E-state index contributed by atoms with van der Waals surface area (Å²) in [7, 11) is -12.0. The number of halogens is 8. The van der Waals surface area contributed by atoms with Gasteiger partial charge in [0.15, 0.2) is 0 Å². The molecule has 0 saturated carbocycles. The zero-order chi connectivity index (χ0) is 33.7. The van der Waals surface area contributed by atoms with Gasteiger partial charge in [0.2, 0.25) is 0 Å². The molecule has 0 atom stereocenters. The van der Waals surface area contributed by atoms with Gasteiger partial charge in [0.1, 0.15) is 0 Å². The maximum Gasteiger partial charge on any atom is 2.00 e.